The van der Waals surface area contributed by atoms with E-state index in [2.05, 4.69) is 5.32 Å². The van der Waals surface area contributed by atoms with Crippen molar-refractivity contribution in [2.24, 2.45) is 0 Å². The molecular weight excluding hydrogens is 265 g/mol. The van der Waals surface area contributed by atoms with E-state index in [0.717, 1.165) is 11.3 Å². The molecule has 0 aromatic heterocycles. The lowest BCUT2D eigenvalue weighted by atomic mass is 10.2. The Labute approximate surface area is 116 Å². The van der Waals surface area contributed by atoms with E-state index >= 15 is 0 Å². The SMILES string of the molecule is CSCC(CCO)NC(=O)/C=C/c1ccc(F)cc1. The summed E-state index contributed by atoms with van der Waals surface area (Å²) in [5, 5.41) is 11.7. The van der Waals surface area contributed by atoms with Gasteiger partial charge in [-0.3, -0.25) is 4.79 Å². The van der Waals surface area contributed by atoms with Crippen LogP contribution in [0.5, 0.6) is 0 Å². The van der Waals surface area contributed by atoms with Crippen LogP contribution in [0.15, 0.2) is 30.3 Å². The molecule has 1 amide bonds. The lowest BCUT2D eigenvalue weighted by Crippen LogP contribution is -2.36. The molecule has 1 atom stereocenters. The number of rotatable bonds is 7. The minimum atomic E-state index is -0.301. The van der Waals surface area contributed by atoms with Gasteiger partial charge in [0.25, 0.3) is 0 Å². The van der Waals surface area contributed by atoms with Crippen LogP contribution < -0.4 is 5.32 Å². The number of aliphatic hydroxyl groups is 1. The topological polar surface area (TPSA) is 49.3 Å². The molecule has 0 saturated heterocycles. The van der Waals surface area contributed by atoms with Gasteiger partial charge in [-0.15, -0.1) is 0 Å². The van der Waals surface area contributed by atoms with Crippen molar-refractivity contribution in [1.29, 1.82) is 0 Å². The molecule has 0 aliphatic rings. The summed E-state index contributed by atoms with van der Waals surface area (Å²) in [6.45, 7) is 0.0488. The summed E-state index contributed by atoms with van der Waals surface area (Å²) < 4.78 is 12.7. The molecule has 0 bridgehead atoms. The summed E-state index contributed by atoms with van der Waals surface area (Å²) in [7, 11) is 0. The second kappa shape index (κ2) is 8.72. The van der Waals surface area contributed by atoms with Crippen molar-refractivity contribution >= 4 is 23.7 Å². The first-order valence-electron chi connectivity index (χ1n) is 5.99. The summed E-state index contributed by atoms with van der Waals surface area (Å²) in [5.74, 6) is 0.248. The van der Waals surface area contributed by atoms with E-state index < -0.39 is 0 Å². The zero-order valence-electron chi connectivity index (χ0n) is 10.8. The van der Waals surface area contributed by atoms with E-state index in [1.165, 1.54) is 18.2 Å². The third-order valence-corrected chi connectivity index (χ3v) is 3.22. The third-order valence-electron chi connectivity index (χ3n) is 2.49. The zero-order valence-corrected chi connectivity index (χ0v) is 11.6. The lowest BCUT2D eigenvalue weighted by Gasteiger charge is -2.15. The Morgan fingerprint density at radius 3 is 2.74 bits per heavy atom. The fourth-order valence-corrected chi connectivity index (χ4v) is 2.20. The summed E-state index contributed by atoms with van der Waals surface area (Å²) >= 11 is 1.62. The second-order valence-electron chi connectivity index (χ2n) is 4.06. The van der Waals surface area contributed by atoms with E-state index in [0.29, 0.717) is 6.42 Å². The van der Waals surface area contributed by atoms with Gasteiger partial charge in [-0.05, 0) is 36.4 Å². The smallest absolute Gasteiger partial charge is 0.244 e. The normalized spacial score (nSPS) is 12.6. The van der Waals surface area contributed by atoms with E-state index in [1.807, 2.05) is 6.26 Å². The molecular formula is C14H18FNO2S. The molecule has 0 spiro atoms. The number of carbonyl (C=O) groups excluding carboxylic acids is 1. The van der Waals surface area contributed by atoms with Crippen LogP contribution in [0, 0.1) is 5.82 Å². The molecule has 1 aromatic carbocycles. The number of hydrogen-bond acceptors (Lipinski definition) is 3. The minimum Gasteiger partial charge on any atom is -0.396 e. The monoisotopic (exact) mass is 283 g/mol. The van der Waals surface area contributed by atoms with Gasteiger partial charge in [-0.25, -0.2) is 4.39 Å². The fourth-order valence-electron chi connectivity index (χ4n) is 1.55. The number of carbonyl (C=O) groups is 1. The zero-order chi connectivity index (χ0) is 14.1. The molecule has 19 heavy (non-hydrogen) atoms. The van der Waals surface area contributed by atoms with Crippen LogP contribution in [-0.4, -0.2) is 35.7 Å². The van der Waals surface area contributed by atoms with Gasteiger partial charge in [-0.2, -0.15) is 11.8 Å². The Kier molecular flexibility index (Phi) is 7.22. The minimum absolute atomic E-state index is 0.0367. The lowest BCUT2D eigenvalue weighted by molar-refractivity contribution is -0.117. The Morgan fingerprint density at radius 1 is 1.47 bits per heavy atom. The molecule has 5 heteroatoms. The second-order valence-corrected chi connectivity index (χ2v) is 4.97. The van der Waals surface area contributed by atoms with E-state index in [1.54, 1.807) is 30.0 Å². The van der Waals surface area contributed by atoms with Gasteiger partial charge >= 0.3 is 0 Å². The molecule has 0 heterocycles. The van der Waals surface area contributed by atoms with E-state index in [-0.39, 0.29) is 24.4 Å². The molecule has 2 N–H and O–H groups in total. The number of nitrogens with one attached hydrogen (secondary N) is 1. The van der Waals surface area contributed by atoms with Crippen LogP contribution in [-0.2, 0) is 4.79 Å². The first-order valence-corrected chi connectivity index (χ1v) is 7.39. The molecule has 3 nitrogen and oxygen atoms in total. The number of hydrogen-bond donors (Lipinski definition) is 2. The largest absolute Gasteiger partial charge is 0.396 e. The number of amides is 1. The molecule has 1 aromatic rings. The number of benzene rings is 1. The van der Waals surface area contributed by atoms with Crippen LogP contribution in [0.4, 0.5) is 4.39 Å². The summed E-state index contributed by atoms with van der Waals surface area (Å²) in [5.41, 5.74) is 0.764. The van der Waals surface area contributed by atoms with Crippen LogP contribution in [0.1, 0.15) is 12.0 Å². The highest BCUT2D eigenvalue weighted by Crippen LogP contribution is 2.05. The van der Waals surface area contributed by atoms with Gasteiger partial charge < -0.3 is 10.4 Å². The summed E-state index contributed by atoms with van der Waals surface area (Å²) in [6, 6.07) is 5.86. The highest BCUT2D eigenvalue weighted by atomic mass is 32.2. The van der Waals surface area contributed by atoms with Crippen molar-refractivity contribution < 1.29 is 14.3 Å². The molecule has 0 saturated carbocycles. The summed E-state index contributed by atoms with van der Waals surface area (Å²) in [6.07, 6.45) is 5.53. The van der Waals surface area contributed by atoms with E-state index in [4.69, 9.17) is 5.11 Å². The average Bonchev–Trinajstić information content (AvgIpc) is 2.39. The van der Waals surface area contributed by atoms with Crippen molar-refractivity contribution in [3.63, 3.8) is 0 Å². The number of thioether (sulfide) groups is 1. The maximum Gasteiger partial charge on any atom is 0.244 e. The van der Waals surface area contributed by atoms with Crippen molar-refractivity contribution in [2.45, 2.75) is 12.5 Å². The predicted molar refractivity (Wildman–Crippen MR) is 77.4 cm³/mol. The van der Waals surface area contributed by atoms with Crippen molar-refractivity contribution in [1.82, 2.24) is 5.32 Å². The standard InChI is InChI=1S/C14H18FNO2S/c1-19-10-13(8-9-17)16-14(18)7-4-11-2-5-12(15)6-3-11/h2-7,13,17H,8-10H2,1H3,(H,16,18)/b7-4+. The molecule has 0 radical (unpaired) electrons. The van der Waals surface area contributed by atoms with Gasteiger partial charge in [0.2, 0.25) is 5.91 Å². The van der Waals surface area contributed by atoms with Crippen LogP contribution >= 0.6 is 11.8 Å². The predicted octanol–water partition coefficient (Wildman–Crippen LogP) is 2.07. The Bertz CT molecular complexity index is 414. The van der Waals surface area contributed by atoms with Crippen molar-refractivity contribution in [3.8, 4) is 0 Å². The van der Waals surface area contributed by atoms with Crippen LogP contribution in [0.25, 0.3) is 6.08 Å². The van der Waals surface area contributed by atoms with Crippen molar-refractivity contribution in [3.05, 3.63) is 41.7 Å². The van der Waals surface area contributed by atoms with Gasteiger partial charge in [-0.1, -0.05) is 12.1 Å². The highest BCUT2D eigenvalue weighted by Gasteiger charge is 2.08. The molecule has 0 aliphatic heterocycles. The fraction of sp³-hybridized carbons (Fsp3) is 0.357. The Hall–Kier alpha value is -1.33. The van der Waals surface area contributed by atoms with Crippen LogP contribution in [0.2, 0.25) is 0 Å². The summed E-state index contributed by atoms with van der Waals surface area (Å²) in [4.78, 5) is 11.7. The quantitative estimate of drug-likeness (QED) is 0.753. The van der Waals surface area contributed by atoms with Crippen LogP contribution in [0.3, 0.4) is 0 Å². The first-order chi connectivity index (χ1) is 9.15. The molecule has 1 unspecified atom stereocenters. The van der Waals surface area contributed by atoms with Crippen molar-refractivity contribution in [2.75, 3.05) is 18.6 Å². The van der Waals surface area contributed by atoms with Gasteiger partial charge in [0.15, 0.2) is 0 Å². The van der Waals surface area contributed by atoms with E-state index in [9.17, 15) is 9.18 Å². The molecule has 1 rings (SSSR count). The van der Waals surface area contributed by atoms with Gasteiger partial charge in [0, 0.05) is 24.5 Å². The third kappa shape index (κ3) is 6.40. The molecule has 0 fully saturated rings. The maximum absolute atomic E-state index is 12.7. The molecule has 0 aliphatic carbocycles. The van der Waals surface area contributed by atoms with Gasteiger partial charge in [0.1, 0.15) is 5.82 Å². The highest BCUT2D eigenvalue weighted by molar-refractivity contribution is 7.98. The Balaban J connectivity index is 2.51. The number of aliphatic hydroxyl groups excluding tert-OH is 1. The van der Waals surface area contributed by atoms with Gasteiger partial charge in [0.05, 0.1) is 0 Å². The molecule has 104 valence electrons. The average molecular weight is 283 g/mol. The Morgan fingerprint density at radius 2 is 2.16 bits per heavy atom. The first kappa shape index (κ1) is 15.7. The number of halogens is 1. The maximum atomic E-state index is 12.7.